The molecule has 0 aliphatic carbocycles. The van der Waals surface area contributed by atoms with E-state index in [2.05, 4.69) is 15.0 Å². The number of benzene rings is 1. The van der Waals surface area contributed by atoms with Crippen molar-refractivity contribution in [2.45, 2.75) is 12.3 Å². The van der Waals surface area contributed by atoms with Gasteiger partial charge in [0, 0.05) is 0 Å². The maximum atomic E-state index is 12.3. The third-order valence-electron chi connectivity index (χ3n) is 3.96. The maximum Gasteiger partial charge on any atom is 0.358 e. The summed E-state index contributed by atoms with van der Waals surface area (Å²) in [6.07, 6.45) is 5.56. The molecule has 0 amide bonds. The van der Waals surface area contributed by atoms with Crippen LogP contribution in [0.25, 0.3) is 11.2 Å². The first kappa shape index (κ1) is 19.2. The zero-order valence-electron chi connectivity index (χ0n) is 14.3. The van der Waals surface area contributed by atoms with Gasteiger partial charge in [-0.1, -0.05) is 24.3 Å². The van der Waals surface area contributed by atoms with Crippen molar-refractivity contribution in [3.05, 3.63) is 55.1 Å². The number of fused-ring (bicyclic) bond motifs is 1. The Morgan fingerprint density at radius 3 is 2.78 bits per heavy atom. The maximum absolute atomic E-state index is 12.3. The van der Waals surface area contributed by atoms with Crippen molar-refractivity contribution < 1.29 is 18.7 Å². The van der Waals surface area contributed by atoms with Gasteiger partial charge in [-0.15, -0.1) is 0 Å². The molecule has 0 saturated heterocycles. The van der Waals surface area contributed by atoms with Crippen LogP contribution in [-0.2, 0) is 13.8 Å². The Bertz CT molecular complexity index is 1010. The molecule has 0 spiro atoms. The number of rotatable bonds is 5. The summed E-state index contributed by atoms with van der Waals surface area (Å²) >= 11 is 0. The smallest absolute Gasteiger partial charge is 0.358 e. The monoisotopic (exact) mass is 390 g/mol. The summed E-state index contributed by atoms with van der Waals surface area (Å²) in [5, 5.41) is 0.242. The van der Waals surface area contributed by atoms with Crippen LogP contribution in [0.3, 0.4) is 0 Å². The molecule has 3 unspecified atom stereocenters. The Balaban J connectivity index is 0.00000210. The fraction of sp³-hybridized carbons (Fsp3) is 0.188. The van der Waals surface area contributed by atoms with Gasteiger partial charge in [-0.25, -0.2) is 15.0 Å². The van der Waals surface area contributed by atoms with Crippen LogP contribution in [0.4, 0.5) is 5.82 Å². The molecule has 10 nitrogen and oxygen atoms in total. The molecule has 0 bridgehead atoms. The number of hydrogen-bond acceptors (Lipinski definition) is 8. The molecular weight excluding hydrogens is 371 g/mol. The molecule has 1 aliphatic rings. The molecule has 0 saturated carbocycles. The molecule has 4 rings (SSSR count). The van der Waals surface area contributed by atoms with E-state index in [0.717, 1.165) is 0 Å². The van der Waals surface area contributed by atoms with E-state index in [1.54, 1.807) is 53.4 Å². The molecular formula is C16H19N6O4P. The van der Waals surface area contributed by atoms with E-state index in [9.17, 15) is 9.46 Å². The third-order valence-corrected chi connectivity index (χ3v) is 5.41. The molecule has 6 N–H and O–H groups in total. The molecule has 0 radical (unpaired) electrons. The average molecular weight is 390 g/mol. The highest BCUT2D eigenvalue weighted by atomic mass is 31.2. The lowest BCUT2D eigenvalue weighted by Gasteiger charge is -2.17. The number of aromatic nitrogens is 4. The Hall–Kier alpha value is -2.62. The van der Waals surface area contributed by atoms with E-state index in [1.165, 1.54) is 6.33 Å². The average Bonchev–Trinajstić information content (AvgIpc) is 3.28. The lowest BCUT2D eigenvalue weighted by atomic mass is 10.4. The van der Waals surface area contributed by atoms with Gasteiger partial charge >= 0.3 is 7.60 Å². The van der Waals surface area contributed by atoms with Gasteiger partial charge in [-0.2, -0.15) is 0 Å². The second kappa shape index (κ2) is 7.55. The van der Waals surface area contributed by atoms with Crippen LogP contribution < -0.4 is 17.2 Å². The number of nitrogens with two attached hydrogens (primary N) is 1. The fourth-order valence-electron chi connectivity index (χ4n) is 2.66. The van der Waals surface area contributed by atoms with Crippen molar-refractivity contribution in [3.8, 4) is 0 Å². The topological polar surface area (TPSA) is 160 Å². The van der Waals surface area contributed by atoms with Crippen LogP contribution >= 0.6 is 7.60 Å². The van der Waals surface area contributed by atoms with Gasteiger partial charge < -0.3 is 26.0 Å². The Morgan fingerprint density at radius 2 is 2.00 bits per heavy atom. The van der Waals surface area contributed by atoms with Crippen molar-refractivity contribution >= 4 is 29.9 Å². The van der Waals surface area contributed by atoms with Gasteiger partial charge in [0.2, 0.25) is 0 Å². The minimum Gasteiger partial charge on any atom is -0.382 e. The summed E-state index contributed by atoms with van der Waals surface area (Å²) in [7, 11) is -3.89. The first-order valence-corrected chi connectivity index (χ1v) is 9.42. The Kier molecular flexibility index (Phi) is 5.36. The van der Waals surface area contributed by atoms with Crippen LogP contribution in [0.5, 0.6) is 0 Å². The van der Waals surface area contributed by atoms with Gasteiger partial charge in [-0.05, 0) is 18.2 Å². The zero-order valence-corrected chi connectivity index (χ0v) is 15.1. The van der Waals surface area contributed by atoms with Crippen molar-refractivity contribution in [1.82, 2.24) is 25.7 Å². The highest BCUT2D eigenvalue weighted by molar-refractivity contribution is 7.61. The number of ether oxygens (including phenoxy) is 1. The van der Waals surface area contributed by atoms with Gasteiger partial charge in [0.25, 0.3) is 0 Å². The minimum atomic E-state index is -3.89. The van der Waals surface area contributed by atoms with Crippen molar-refractivity contribution in [1.29, 1.82) is 0 Å². The number of nitrogens with zero attached hydrogens (tertiary/aromatic N) is 4. The first-order chi connectivity index (χ1) is 12.5. The Morgan fingerprint density at radius 1 is 1.22 bits per heavy atom. The quantitative estimate of drug-likeness (QED) is 0.433. The summed E-state index contributed by atoms with van der Waals surface area (Å²) in [5.41, 5.74) is 6.82. The molecule has 0 fully saturated rings. The van der Waals surface area contributed by atoms with Crippen LogP contribution in [0, 0.1) is 0 Å². The number of anilines is 1. The predicted molar refractivity (Wildman–Crippen MR) is 99.7 cm³/mol. The minimum absolute atomic E-state index is 0. The molecule has 3 aromatic rings. The summed E-state index contributed by atoms with van der Waals surface area (Å²) in [5.74, 6) is 0.291. The molecule has 142 valence electrons. The molecule has 1 aromatic carbocycles. The predicted octanol–water partition coefficient (Wildman–Crippen LogP) is 1.55. The lowest BCUT2D eigenvalue weighted by Crippen LogP contribution is -2.18. The van der Waals surface area contributed by atoms with Gasteiger partial charge in [0.1, 0.15) is 17.9 Å². The summed E-state index contributed by atoms with van der Waals surface area (Å²) in [6, 6.07) is 8.23. The summed E-state index contributed by atoms with van der Waals surface area (Å²) < 4.78 is 25.1. The zero-order chi connectivity index (χ0) is 18.1. The van der Waals surface area contributed by atoms with Gasteiger partial charge in [0.15, 0.2) is 17.7 Å². The van der Waals surface area contributed by atoms with Crippen LogP contribution in [0.1, 0.15) is 6.23 Å². The van der Waals surface area contributed by atoms with E-state index in [0.29, 0.717) is 17.0 Å². The molecule has 2 aromatic heterocycles. The lowest BCUT2D eigenvalue weighted by molar-refractivity contribution is -0.00255. The van der Waals surface area contributed by atoms with Crippen molar-refractivity contribution in [3.63, 3.8) is 0 Å². The van der Waals surface area contributed by atoms with E-state index in [4.69, 9.17) is 15.0 Å². The molecule has 11 heteroatoms. The van der Waals surface area contributed by atoms with E-state index >= 15 is 0 Å². The molecule has 3 atom stereocenters. The fourth-order valence-corrected chi connectivity index (χ4v) is 3.71. The number of hydrogen-bond donors (Lipinski definition) is 3. The summed E-state index contributed by atoms with van der Waals surface area (Å²) in [6.45, 7) is -0.0561. The molecule has 1 aliphatic heterocycles. The van der Waals surface area contributed by atoms with E-state index < -0.39 is 19.9 Å². The van der Waals surface area contributed by atoms with Crippen LogP contribution in [0.15, 0.2) is 55.1 Å². The standard InChI is InChI=1S/C16H16N5O4P.H3N/c17-15-14-16(19-9-18-15)21(10-20-14)13-7-6-11(25-13)8-24-26(22,23)12-4-2-1-3-5-12;/h1-7,9-11,13H,8H2,(H,22,23)(H2,17,18,19);1H3. The highest BCUT2D eigenvalue weighted by Gasteiger charge is 2.28. The van der Waals surface area contributed by atoms with Crippen LogP contribution in [-0.4, -0.2) is 37.1 Å². The van der Waals surface area contributed by atoms with Crippen LogP contribution in [0.2, 0.25) is 0 Å². The van der Waals surface area contributed by atoms with Gasteiger partial charge in [0.05, 0.1) is 18.2 Å². The van der Waals surface area contributed by atoms with Crippen molar-refractivity contribution in [2.75, 3.05) is 12.3 Å². The van der Waals surface area contributed by atoms with Crippen molar-refractivity contribution in [2.24, 2.45) is 0 Å². The first-order valence-electron chi connectivity index (χ1n) is 7.84. The normalized spacial score (nSPS) is 21.1. The largest absolute Gasteiger partial charge is 0.382 e. The molecule has 27 heavy (non-hydrogen) atoms. The second-order valence-corrected chi connectivity index (χ2v) is 7.50. The summed E-state index contributed by atoms with van der Waals surface area (Å²) in [4.78, 5) is 22.3. The third kappa shape index (κ3) is 3.75. The van der Waals surface area contributed by atoms with E-state index in [1.807, 2.05) is 0 Å². The highest BCUT2D eigenvalue weighted by Crippen LogP contribution is 2.41. The van der Waals surface area contributed by atoms with E-state index in [-0.39, 0.29) is 18.1 Å². The Labute approximate surface area is 154 Å². The van der Waals surface area contributed by atoms with Gasteiger partial charge in [-0.3, -0.25) is 9.13 Å². The SMILES string of the molecule is N.Nc1ncnc2c1ncn2C1C=CC(COP(=O)(O)c2ccccc2)O1. The number of nitrogen functional groups attached to an aromatic ring is 1. The molecule has 3 heterocycles. The second-order valence-electron chi connectivity index (χ2n) is 5.68. The number of imidazole rings is 1.